The predicted molar refractivity (Wildman–Crippen MR) is 90.6 cm³/mol. The number of benzene rings is 2. The summed E-state index contributed by atoms with van der Waals surface area (Å²) in [4.78, 5) is 37.5. The van der Waals surface area contributed by atoms with Gasteiger partial charge in [-0.15, -0.1) is 10.2 Å². The first-order chi connectivity index (χ1) is 12.5. The Balaban J connectivity index is 1.59. The Hall–Kier alpha value is -3.81. The number of anilines is 1. The first kappa shape index (κ1) is 15.7. The van der Waals surface area contributed by atoms with Crippen molar-refractivity contribution in [3.05, 3.63) is 65.5 Å². The molecular formula is C18H12N4O4. The number of hydrogen-bond donors (Lipinski definition) is 1. The van der Waals surface area contributed by atoms with Crippen LogP contribution in [0.5, 0.6) is 0 Å². The fourth-order valence-corrected chi connectivity index (χ4v) is 2.73. The second-order valence-electron chi connectivity index (χ2n) is 5.71. The number of fused-ring (bicyclic) bond motifs is 1. The second kappa shape index (κ2) is 5.92. The molecule has 8 nitrogen and oxygen atoms in total. The Bertz CT molecular complexity index is 1040. The number of rotatable bonds is 3. The molecule has 0 radical (unpaired) electrons. The molecule has 26 heavy (non-hydrogen) atoms. The monoisotopic (exact) mass is 348 g/mol. The highest BCUT2D eigenvalue weighted by molar-refractivity contribution is 6.22. The minimum Gasteiger partial charge on any atom is -0.423 e. The molecule has 0 fully saturated rings. The third-order valence-electron chi connectivity index (χ3n) is 4.08. The molecule has 4 rings (SSSR count). The lowest BCUT2D eigenvalue weighted by Crippen LogP contribution is -2.24. The molecule has 0 unspecified atom stereocenters. The van der Waals surface area contributed by atoms with Gasteiger partial charge in [-0.3, -0.25) is 19.3 Å². The van der Waals surface area contributed by atoms with Crippen LogP contribution in [-0.2, 0) is 0 Å². The number of carbonyl (C=O) groups excluding carboxylic acids is 3. The van der Waals surface area contributed by atoms with Gasteiger partial charge in [-0.2, -0.15) is 0 Å². The normalized spacial score (nSPS) is 13.0. The molecule has 8 heteroatoms. The molecule has 3 amide bonds. The summed E-state index contributed by atoms with van der Waals surface area (Å²) in [7, 11) is 1.41. The summed E-state index contributed by atoms with van der Waals surface area (Å²) in [6.07, 6.45) is 1.22. The summed E-state index contributed by atoms with van der Waals surface area (Å²) in [5.74, 6) is -0.849. The van der Waals surface area contributed by atoms with E-state index in [2.05, 4.69) is 15.5 Å². The van der Waals surface area contributed by atoms with Crippen molar-refractivity contribution in [2.45, 2.75) is 0 Å². The van der Waals surface area contributed by atoms with Crippen molar-refractivity contribution in [2.24, 2.45) is 0 Å². The number of nitrogens with one attached hydrogen (secondary N) is 1. The van der Waals surface area contributed by atoms with E-state index in [1.807, 2.05) is 0 Å². The third-order valence-corrected chi connectivity index (χ3v) is 4.08. The minimum atomic E-state index is -0.418. The number of imide groups is 1. The Morgan fingerprint density at radius 3 is 2.65 bits per heavy atom. The van der Waals surface area contributed by atoms with E-state index in [0.717, 1.165) is 4.90 Å². The van der Waals surface area contributed by atoms with Gasteiger partial charge in [0.2, 0.25) is 12.3 Å². The maximum atomic E-state index is 12.5. The lowest BCUT2D eigenvalue weighted by atomic mass is 10.1. The van der Waals surface area contributed by atoms with Crippen LogP contribution < -0.4 is 5.32 Å². The molecule has 1 aliphatic heterocycles. The van der Waals surface area contributed by atoms with E-state index in [-0.39, 0.29) is 17.0 Å². The molecule has 0 atom stereocenters. The topological polar surface area (TPSA) is 105 Å². The number of amides is 3. The van der Waals surface area contributed by atoms with Gasteiger partial charge in [-0.05, 0) is 36.4 Å². The smallest absolute Gasteiger partial charge is 0.261 e. The second-order valence-corrected chi connectivity index (χ2v) is 5.71. The SMILES string of the molecule is CN1C(=O)c2ccc(C(=O)Nc3cccc(-c4nnco4)c3)cc2C1=O. The van der Waals surface area contributed by atoms with Gasteiger partial charge < -0.3 is 9.73 Å². The number of carbonyl (C=O) groups is 3. The van der Waals surface area contributed by atoms with E-state index in [0.29, 0.717) is 22.7 Å². The maximum absolute atomic E-state index is 12.5. The number of hydrogen-bond acceptors (Lipinski definition) is 6. The van der Waals surface area contributed by atoms with Crippen molar-refractivity contribution in [1.82, 2.24) is 15.1 Å². The molecular weight excluding hydrogens is 336 g/mol. The Labute approximate surface area is 147 Å². The molecule has 2 heterocycles. The van der Waals surface area contributed by atoms with Gasteiger partial charge in [0.05, 0.1) is 11.1 Å². The van der Waals surface area contributed by atoms with Crippen LogP contribution in [0.2, 0.25) is 0 Å². The van der Waals surface area contributed by atoms with E-state index >= 15 is 0 Å². The molecule has 2 aromatic carbocycles. The highest BCUT2D eigenvalue weighted by Gasteiger charge is 2.33. The summed E-state index contributed by atoms with van der Waals surface area (Å²) < 4.78 is 5.14. The van der Waals surface area contributed by atoms with Gasteiger partial charge in [-0.25, -0.2) is 0 Å². The van der Waals surface area contributed by atoms with Crippen molar-refractivity contribution in [1.29, 1.82) is 0 Å². The minimum absolute atomic E-state index is 0.227. The average Bonchev–Trinajstić information content (AvgIpc) is 3.26. The molecule has 1 N–H and O–H groups in total. The lowest BCUT2D eigenvalue weighted by Gasteiger charge is -2.07. The molecule has 3 aromatic rings. The molecule has 1 aromatic heterocycles. The highest BCUT2D eigenvalue weighted by atomic mass is 16.4. The van der Waals surface area contributed by atoms with E-state index in [1.54, 1.807) is 24.3 Å². The summed E-state index contributed by atoms with van der Waals surface area (Å²) in [6, 6.07) is 11.4. The lowest BCUT2D eigenvalue weighted by molar-refractivity contribution is 0.0693. The molecule has 0 saturated heterocycles. The zero-order valence-corrected chi connectivity index (χ0v) is 13.6. The van der Waals surface area contributed by atoms with Crippen LogP contribution in [0.4, 0.5) is 5.69 Å². The number of aromatic nitrogens is 2. The largest absolute Gasteiger partial charge is 0.423 e. The van der Waals surface area contributed by atoms with E-state index in [1.165, 1.54) is 31.6 Å². The third kappa shape index (κ3) is 2.53. The fourth-order valence-electron chi connectivity index (χ4n) is 2.73. The van der Waals surface area contributed by atoms with Crippen LogP contribution in [0, 0.1) is 0 Å². The van der Waals surface area contributed by atoms with E-state index < -0.39 is 11.8 Å². The van der Waals surface area contributed by atoms with Crippen LogP contribution in [0.1, 0.15) is 31.1 Å². The maximum Gasteiger partial charge on any atom is 0.261 e. The Morgan fingerprint density at radius 1 is 1.08 bits per heavy atom. The molecule has 0 aliphatic carbocycles. The highest BCUT2D eigenvalue weighted by Crippen LogP contribution is 2.24. The number of nitrogens with zero attached hydrogens (tertiary/aromatic N) is 3. The Morgan fingerprint density at radius 2 is 1.88 bits per heavy atom. The summed E-state index contributed by atoms with van der Waals surface area (Å²) >= 11 is 0. The van der Waals surface area contributed by atoms with Gasteiger partial charge >= 0.3 is 0 Å². The van der Waals surface area contributed by atoms with Crippen molar-refractivity contribution < 1.29 is 18.8 Å². The van der Waals surface area contributed by atoms with E-state index in [9.17, 15) is 14.4 Å². The fraction of sp³-hybridized carbons (Fsp3) is 0.0556. The predicted octanol–water partition coefficient (Wildman–Crippen LogP) is 2.21. The van der Waals surface area contributed by atoms with Crippen molar-refractivity contribution in [3.8, 4) is 11.5 Å². The molecule has 128 valence electrons. The zero-order valence-electron chi connectivity index (χ0n) is 13.6. The van der Waals surface area contributed by atoms with Crippen molar-refractivity contribution in [2.75, 3.05) is 12.4 Å². The zero-order chi connectivity index (χ0) is 18.3. The van der Waals surface area contributed by atoms with Crippen LogP contribution in [0.3, 0.4) is 0 Å². The van der Waals surface area contributed by atoms with Crippen molar-refractivity contribution in [3.63, 3.8) is 0 Å². The van der Waals surface area contributed by atoms with Crippen LogP contribution >= 0.6 is 0 Å². The van der Waals surface area contributed by atoms with Gasteiger partial charge in [0, 0.05) is 23.9 Å². The average molecular weight is 348 g/mol. The van der Waals surface area contributed by atoms with E-state index in [4.69, 9.17) is 4.42 Å². The molecule has 0 bridgehead atoms. The van der Waals surface area contributed by atoms with Crippen LogP contribution in [0.15, 0.2) is 53.3 Å². The van der Waals surface area contributed by atoms with Gasteiger partial charge in [0.25, 0.3) is 17.7 Å². The summed E-state index contributed by atoms with van der Waals surface area (Å²) in [5.41, 5.74) is 2.00. The molecule has 1 aliphatic rings. The van der Waals surface area contributed by atoms with Crippen LogP contribution in [-0.4, -0.2) is 39.9 Å². The van der Waals surface area contributed by atoms with Gasteiger partial charge in [-0.1, -0.05) is 6.07 Å². The summed E-state index contributed by atoms with van der Waals surface area (Å²) in [5, 5.41) is 10.2. The standard InChI is InChI=1S/C18H12N4O4/c1-22-17(24)13-6-5-10(8-14(13)18(22)25)15(23)20-12-4-2-3-11(7-12)16-21-19-9-26-16/h2-9H,1H3,(H,20,23). The summed E-state index contributed by atoms with van der Waals surface area (Å²) in [6.45, 7) is 0. The molecule has 0 saturated carbocycles. The van der Waals surface area contributed by atoms with Gasteiger partial charge in [0.1, 0.15) is 0 Å². The molecule has 0 spiro atoms. The van der Waals surface area contributed by atoms with Crippen LogP contribution in [0.25, 0.3) is 11.5 Å². The first-order valence-electron chi connectivity index (χ1n) is 7.69. The van der Waals surface area contributed by atoms with Gasteiger partial charge in [0.15, 0.2) is 0 Å². The first-order valence-corrected chi connectivity index (χ1v) is 7.69. The quantitative estimate of drug-likeness (QED) is 0.728. The van der Waals surface area contributed by atoms with Crippen molar-refractivity contribution >= 4 is 23.4 Å². The Kier molecular flexibility index (Phi) is 3.58.